The molecule has 0 unspecified atom stereocenters. The summed E-state index contributed by atoms with van der Waals surface area (Å²) in [6, 6.07) is 0. The summed E-state index contributed by atoms with van der Waals surface area (Å²) in [6.45, 7) is 4.10. The Balaban J connectivity index is 1.62. The van der Waals surface area contributed by atoms with Crippen molar-refractivity contribution < 1.29 is 23.8 Å². The van der Waals surface area contributed by atoms with Crippen molar-refractivity contribution in [3.8, 4) is 0 Å². The molecule has 2 saturated carbocycles. The summed E-state index contributed by atoms with van der Waals surface area (Å²) in [7, 11) is 0. The summed E-state index contributed by atoms with van der Waals surface area (Å²) >= 11 is 0. The summed E-state index contributed by atoms with van der Waals surface area (Å²) < 4.78 is 22.0. The van der Waals surface area contributed by atoms with Crippen molar-refractivity contribution in [2.75, 3.05) is 6.61 Å². The molecule has 4 aliphatic carbocycles. The molecular formula is C21H23FO4. The number of ketones is 1. The van der Waals surface area contributed by atoms with Crippen molar-refractivity contribution in [2.24, 2.45) is 22.7 Å². The largest absolute Gasteiger partial charge is 0.458 e. The number of fused-ring (bicyclic) bond motifs is 6. The van der Waals surface area contributed by atoms with E-state index in [4.69, 9.17) is 4.74 Å². The van der Waals surface area contributed by atoms with E-state index in [1.165, 1.54) is 6.08 Å². The number of aliphatic hydroxyl groups excluding tert-OH is 1. The minimum Gasteiger partial charge on any atom is -0.458 e. The van der Waals surface area contributed by atoms with Crippen LogP contribution >= 0.6 is 0 Å². The fraction of sp³-hybridized carbons (Fsp3) is 0.619. The van der Waals surface area contributed by atoms with Gasteiger partial charge in [-0.3, -0.25) is 4.79 Å². The molecule has 0 aromatic heterocycles. The van der Waals surface area contributed by atoms with Crippen LogP contribution in [0.15, 0.2) is 34.9 Å². The second-order valence-electron chi connectivity index (χ2n) is 9.02. The molecule has 1 heterocycles. The maximum absolute atomic E-state index is 16.8. The number of aliphatic hydroxyl groups is 1. The minimum atomic E-state index is -1.83. The van der Waals surface area contributed by atoms with Crippen molar-refractivity contribution in [1.82, 2.24) is 0 Å². The number of rotatable bonds is 0. The Hall–Kier alpha value is -1.75. The Labute approximate surface area is 151 Å². The predicted octanol–water partition coefficient (Wildman–Crippen LogP) is 2.82. The minimum absolute atomic E-state index is 0.0156. The van der Waals surface area contributed by atoms with Crippen LogP contribution in [-0.4, -0.2) is 35.2 Å². The lowest BCUT2D eigenvalue weighted by atomic mass is 9.45. The standard InChI is InChI=1S/C21H23FO4/c1-19-9-16(24)21(22)14(15(19)7-11-10-26-18(25)17(11)19)4-3-12-8-13(23)5-6-20(12,21)2/h5-6,8,14-16,24H,3-4,7,9-10H2,1-2H3/t14-,15-,16-,19-,20-,21-/m0/s1. The highest BCUT2D eigenvalue weighted by atomic mass is 19.1. The van der Waals surface area contributed by atoms with Crippen molar-refractivity contribution in [1.29, 1.82) is 0 Å². The SMILES string of the molecule is C[C@]12C=CC(=O)C=C1CC[C@H]1[C@@H]3CC4=C(C(=O)OC4)[C@@]3(C)C[C@H](O)[C@@]12F. The molecule has 0 aromatic carbocycles. The number of cyclic esters (lactones) is 1. The van der Waals surface area contributed by atoms with E-state index in [9.17, 15) is 14.7 Å². The van der Waals surface area contributed by atoms with Crippen molar-refractivity contribution >= 4 is 11.8 Å². The molecule has 0 amide bonds. The van der Waals surface area contributed by atoms with Crippen LogP contribution in [0.25, 0.3) is 0 Å². The normalized spacial score (nSPS) is 49.2. The van der Waals surface area contributed by atoms with Crippen LogP contribution in [0.4, 0.5) is 4.39 Å². The van der Waals surface area contributed by atoms with Crippen molar-refractivity contribution in [3.63, 3.8) is 0 Å². The van der Waals surface area contributed by atoms with Gasteiger partial charge in [-0.25, -0.2) is 9.18 Å². The summed E-state index contributed by atoms with van der Waals surface area (Å²) in [4.78, 5) is 24.1. The number of carbonyl (C=O) groups is 2. The van der Waals surface area contributed by atoms with Gasteiger partial charge in [0.05, 0.1) is 6.10 Å². The summed E-state index contributed by atoms with van der Waals surface area (Å²) in [5.74, 6) is -0.777. The Kier molecular flexibility index (Phi) is 3.00. The van der Waals surface area contributed by atoms with Crippen LogP contribution < -0.4 is 0 Å². The molecule has 138 valence electrons. The summed E-state index contributed by atoms with van der Waals surface area (Å²) in [5.41, 5.74) is -0.886. The van der Waals surface area contributed by atoms with Gasteiger partial charge >= 0.3 is 5.97 Å². The zero-order valence-electron chi connectivity index (χ0n) is 15.0. The molecule has 5 heteroatoms. The smallest absolute Gasteiger partial charge is 0.334 e. The third kappa shape index (κ3) is 1.64. The Morgan fingerprint density at radius 2 is 2.04 bits per heavy atom. The average molecular weight is 358 g/mol. The molecular weight excluding hydrogens is 335 g/mol. The molecule has 0 radical (unpaired) electrons. The molecule has 5 aliphatic rings. The van der Waals surface area contributed by atoms with Gasteiger partial charge < -0.3 is 9.84 Å². The second-order valence-corrected chi connectivity index (χ2v) is 9.02. The van der Waals surface area contributed by atoms with E-state index in [2.05, 4.69) is 0 Å². The third-order valence-corrected chi connectivity index (χ3v) is 8.00. The van der Waals surface area contributed by atoms with E-state index in [-0.39, 0.29) is 30.0 Å². The molecule has 0 bridgehead atoms. The van der Waals surface area contributed by atoms with Crippen molar-refractivity contribution in [3.05, 3.63) is 34.9 Å². The van der Waals surface area contributed by atoms with Gasteiger partial charge in [-0.2, -0.15) is 0 Å². The number of carbonyl (C=O) groups excluding carboxylic acids is 2. The first-order valence-electron chi connectivity index (χ1n) is 9.42. The van der Waals surface area contributed by atoms with Crippen LogP contribution in [0.1, 0.15) is 39.5 Å². The molecule has 0 aromatic rings. The number of allylic oxidation sites excluding steroid dienone is 4. The highest BCUT2D eigenvalue weighted by Gasteiger charge is 2.71. The van der Waals surface area contributed by atoms with Crippen LogP contribution in [0.2, 0.25) is 0 Å². The molecule has 5 rings (SSSR count). The van der Waals surface area contributed by atoms with E-state index in [0.29, 0.717) is 31.4 Å². The van der Waals surface area contributed by atoms with Gasteiger partial charge in [-0.1, -0.05) is 18.6 Å². The molecule has 2 fully saturated rings. The molecule has 26 heavy (non-hydrogen) atoms. The van der Waals surface area contributed by atoms with E-state index in [1.807, 2.05) is 13.8 Å². The maximum Gasteiger partial charge on any atom is 0.334 e. The lowest BCUT2D eigenvalue weighted by Crippen LogP contribution is -2.66. The number of halogens is 1. The molecule has 1 N–H and O–H groups in total. The van der Waals surface area contributed by atoms with Crippen LogP contribution in [0.5, 0.6) is 0 Å². The van der Waals surface area contributed by atoms with E-state index in [0.717, 1.165) is 11.1 Å². The van der Waals surface area contributed by atoms with Gasteiger partial charge in [0.15, 0.2) is 11.5 Å². The molecule has 0 saturated heterocycles. The first-order valence-corrected chi connectivity index (χ1v) is 9.42. The first-order chi connectivity index (χ1) is 12.2. The lowest BCUT2D eigenvalue weighted by molar-refractivity contribution is -0.187. The predicted molar refractivity (Wildman–Crippen MR) is 91.7 cm³/mol. The van der Waals surface area contributed by atoms with Gasteiger partial charge in [0.25, 0.3) is 0 Å². The van der Waals surface area contributed by atoms with E-state index in [1.54, 1.807) is 12.2 Å². The van der Waals surface area contributed by atoms with Crippen molar-refractivity contribution in [2.45, 2.75) is 51.3 Å². The third-order valence-electron chi connectivity index (χ3n) is 8.00. The number of ether oxygens (including phenoxy) is 1. The number of esters is 1. The maximum atomic E-state index is 16.8. The van der Waals surface area contributed by atoms with E-state index < -0.39 is 22.6 Å². The monoisotopic (exact) mass is 358 g/mol. The topological polar surface area (TPSA) is 63.6 Å². The second kappa shape index (κ2) is 4.75. The van der Waals surface area contributed by atoms with Gasteiger partial charge in [0.2, 0.25) is 0 Å². The van der Waals surface area contributed by atoms with E-state index >= 15 is 4.39 Å². The first kappa shape index (κ1) is 16.4. The molecule has 4 nitrogen and oxygen atoms in total. The number of hydrogen-bond donors (Lipinski definition) is 1. The van der Waals surface area contributed by atoms with Gasteiger partial charge in [-0.15, -0.1) is 0 Å². The summed E-state index contributed by atoms with van der Waals surface area (Å²) in [5, 5.41) is 11.1. The van der Waals surface area contributed by atoms with Gasteiger partial charge in [0, 0.05) is 22.3 Å². The molecule has 6 atom stereocenters. The quantitative estimate of drug-likeness (QED) is 0.677. The lowest BCUT2D eigenvalue weighted by Gasteiger charge is -2.61. The Bertz CT molecular complexity index is 839. The van der Waals surface area contributed by atoms with Gasteiger partial charge in [-0.05, 0) is 56.3 Å². The number of alkyl halides is 1. The zero-order valence-corrected chi connectivity index (χ0v) is 15.0. The van der Waals surface area contributed by atoms with Gasteiger partial charge in [0.1, 0.15) is 6.61 Å². The highest BCUT2D eigenvalue weighted by Crippen LogP contribution is 2.69. The van der Waals surface area contributed by atoms with Crippen LogP contribution in [-0.2, 0) is 14.3 Å². The number of hydrogen-bond acceptors (Lipinski definition) is 4. The zero-order chi connectivity index (χ0) is 18.5. The fourth-order valence-corrected chi connectivity index (χ4v) is 6.73. The van der Waals surface area contributed by atoms with Crippen LogP contribution in [0, 0.1) is 22.7 Å². The average Bonchev–Trinajstić information content (AvgIpc) is 3.08. The fourth-order valence-electron chi connectivity index (χ4n) is 6.73. The Morgan fingerprint density at radius 1 is 1.27 bits per heavy atom. The Morgan fingerprint density at radius 3 is 2.81 bits per heavy atom. The molecule has 1 aliphatic heterocycles. The highest BCUT2D eigenvalue weighted by molar-refractivity contribution is 6.01. The molecule has 0 spiro atoms. The van der Waals surface area contributed by atoms with Crippen LogP contribution in [0.3, 0.4) is 0 Å². The summed E-state index contributed by atoms with van der Waals surface area (Å²) in [6.07, 6.45) is 5.55.